The van der Waals surface area contributed by atoms with Crippen LogP contribution < -0.4 is 10.5 Å². The Kier molecular flexibility index (Phi) is 5.38. The highest BCUT2D eigenvalue weighted by atomic mass is 35.5. The third kappa shape index (κ3) is 3.80. The molecule has 2 aromatic carbocycles. The maximum absolute atomic E-state index is 12.3. The van der Waals surface area contributed by atoms with Gasteiger partial charge in [0.1, 0.15) is 10.8 Å². The molecule has 1 N–H and O–H groups in total. The molecule has 1 aliphatic rings. The second-order valence-electron chi connectivity index (χ2n) is 7.56. The molecule has 0 aliphatic carbocycles. The second kappa shape index (κ2) is 8.19. The Bertz CT molecular complexity index is 1290. The Morgan fingerprint density at radius 1 is 1.00 bits per heavy atom. The number of imidazole rings is 1. The number of rotatable bonds is 3. The third-order valence-corrected chi connectivity index (χ3v) is 6.73. The van der Waals surface area contributed by atoms with Crippen molar-refractivity contribution >= 4 is 51.5 Å². The Morgan fingerprint density at radius 3 is 2.52 bits per heavy atom. The molecule has 2 aromatic heterocycles. The molecular formula is C22H18Cl3N5O. The summed E-state index contributed by atoms with van der Waals surface area (Å²) in [5.41, 5.74) is 3.06. The van der Waals surface area contributed by atoms with Gasteiger partial charge in [-0.25, -0.2) is 4.98 Å². The molecule has 0 spiro atoms. The third-order valence-electron chi connectivity index (χ3n) is 5.68. The van der Waals surface area contributed by atoms with Gasteiger partial charge >= 0.3 is 0 Å². The number of anilines is 1. The van der Waals surface area contributed by atoms with Gasteiger partial charge < -0.3 is 9.88 Å². The summed E-state index contributed by atoms with van der Waals surface area (Å²) in [7, 11) is 0. The summed E-state index contributed by atoms with van der Waals surface area (Å²) in [4.78, 5) is 22.8. The lowest BCUT2D eigenvalue weighted by molar-refractivity contribution is 0.490. The van der Waals surface area contributed by atoms with E-state index in [9.17, 15) is 4.79 Å². The number of nitrogens with one attached hydrogen (secondary N) is 1. The highest BCUT2D eigenvalue weighted by molar-refractivity contribution is 6.41. The zero-order chi connectivity index (χ0) is 21.5. The molecule has 5 rings (SSSR count). The first-order chi connectivity index (χ1) is 15.0. The van der Waals surface area contributed by atoms with Crippen LogP contribution in [0.3, 0.4) is 0 Å². The average molecular weight is 475 g/mol. The molecule has 0 amide bonds. The Labute approximate surface area is 193 Å². The van der Waals surface area contributed by atoms with Crippen molar-refractivity contribution in [2.24, 2.45) is 0 Å². The van der Waals surface area contributed by atoms with E-state index in [-0.39, 0.29) is 10.0 Å². The fourth-order valence-corrected chi connectivity index (χ4v) is 4.59. The van der Waals surface area contributed by atoms with Crippen LogP contribution in [0.2, 0.25) is 15.1 Å². The monoisotopic (exact) mass is 473 g/mol. The maximum atomic E-state index is 12.3. The maximum Gasteiger partial charge on any atom is 0.291 e. The summed E-state index contributed by atoms with van der Waals surface area (Å²) in [5, 5.41) is 4.67. The van der Waals surface area contributed by atoms with E-state index in [2.05, 4.69) is 21.0 Å². The highest BCUT2D eigenvalue weighted by Crippen LogP contribution is 2.34. The SMILES string of the molecule is O=c1c(Cl)c(Cl)cnn1-c1ccc(N2CCC(c3nc4ccccc4[nH]3)CC2)c(Cl)c1. The van der Waals surface area contributed by atoms with Gasteiger partial charge in [-0.05, 0) is 43.2 Å². The van der Waals surface area contributed by atoms with Crippen molar-refractivity contribution in [2.75, 3.05) is 18.0 Å². The lowest BCUT2D eigenvalue weighted by atomic mass is 9.95. The van der Waals surface area contributed by atoms with E-state index in [1.807, 2.05) is 30.3 Å². The van der Waals surface area contributed by atoms with E-state index >= 15 is 0 Å². The highest BCUT2D eigenvalue weighted by Gasteiger charge is 2.24. The lowest BCUT2D eigenvalue weighted by Crippen LogP contribution is -2.33. The summed E-state index contributed by atoms with van der Waals surface area (Å²) >= 11 is 18.4. The minimum absolute atomic E-state index is 0.0653. The topological polar surface area (TPSA) is 66.8 Å². The lowest BCUT2D eigenvalue weighted by Gasteiger charge is -2.33. The second-order valence-corrected chi connectivity index (χ2v) is 8.75. The minimum Gasteiger partial charge on any atom is -0.370 e. The average Bonchev–Trinajstić information content (AvgIpc) is 3.22. The van der Waals surface area contributed by atoms with Crippen molar-refractivity contribution in [2.45, 2.75) is 18.8 Å². The summed E-state index contributed by atoms with van der Waals surface area (Å²) in [6, 6.07) is 13.5. The van der Waals surface area contributed by atoms with E-state index < -0.39 is 5.56 Å². The minimum atomic E-state index is -0.482. The number of fused-ring (bicyclic) bond motifs is 1. The zero-order valence-corrected chi connectivity index (χ0v) is 18.6. The fourth-order valence-electron chi connectivity index (χ4n) is 4.04. The quantitative estimate of drug-likeness (QED) is 0.428. The first-order valence-corrected chi connectivity index (χ1v) is 11.1. The Hall–Kier alpha value is -2.54. The van der Waals surface area contributed by atoms with E-state index in [0.29, 0.717) is 16.6 Å². The molecule has 1 fully saturated rings. The smallest absolute Gasteiger partial charge is 0.291 e. The van der Waals surface area contributed by atoms with Gasteiger partial charge in [-0.15, -0.1) is 0 Å². The van der Waals surface area contributed by atoms with Gasteiger partial charge in [0.25, 0.3) is 5.56 Å². The summed E-state index contributed by atoms with van der Waals surface area (Å²) in [6.07, 6.45) is 3.30. The molecule has 6 nitrogen and oxygen atoms in total. The van der Waals surface area contributed by atoms with Gasteiger partial charge in [-0.2, -0.15) is 9.78 Å². The predicted octanol–water partition coefficient (Wildman–Crippen LogP) is 5.45. The molecule has 158 valence electrons. The summed E-state index contributed by atoms with van der Waals surface area (Å²) in [6.45, 7) is 1.73. The van der Waals surface area contributed by atoms with Crippen LogP contribution in [0.1, 0.15) is 24.6 Å². The molecule has 0 bridgehead atoms. The largest absolute Gasteiger partial charge is 0.370 e. The fraction of sp³-hybridized carbons (Fsp3) is 0.227. The van der Waals surface area contributed by atoms with Crippen molar-refractivity contribution in [1.29, 1.82) is 0 Å². The van der Waals surface area contributed by atoms with Crippen LogP contribution in [0.5, 0.6) is 0 Å². The Balaban J connectivity index is 1.34. The molecule has 4 aromatic rings. The van der Waals surface area contributed by atoms with Crippen molar-refractivity contribution in [3.63, 3.8) is 0 Å². The van der Waals surface area contributed by atoms with Crippen molar-refractivity contribution < 1.29 is 0 Å². The number of hydrogen-bond acceptors (Lipinski definition) is 4. The number of nitrogens with zero attached hydrogens (tertiary/aromatic N) is 4. The van der Waals surface area contributed by atoms with Crippen LogP contribution in [0.4, 0.5) is 5.69 Å². The number of benzene rings is 2. The van der Waals surface area contributed by atoms with Crippen LogP contribution in [0, 0.1) is 0 Å². The van der Waals surface area contributed by atoms with Crippen LogP contribution in [-0.4, -0.2) is 32.8 Å². The molecule has 0 radical (unpaired) electrons. The number of piperidine rings is 1. The van der Waals surface area contributed by atoms with Crippen molar-refractivity contribution in [1.82, 2.24) is 19.7 Å². The standard InChI is InChI=1S/C22H18Cl3N5O/c23-15-11-14(30-22(31)20(25)16(24)12-26-30)5-6-19(15)29-9-7-13(8-10-29)21-27-17-3-1-2-4-18(17)28-21/h1-6,11-13H,7-10H2,(H,27,28). The number of aromatic nitrogens is 4. The van der Waals surface area contributed by atoms with Gasteiger partial charge in [0, 0.05) is 19.0 Å². The first kappa shape index (κ1) is 20.4. The van der Waals surface area contributed by atoms with Crippen LogP contribution in [0.25, 0.3) is 16.7 Å². The van der Waals surface area contributed by atoms with Gasteiger partial charge in [0.15, 0.2) is 0 Å². The van der Waals surface area contributed by atoms with Crippen LogP contribution in [0.15, 0.2) is 53.5 Å². The number of para-hydroxylation sites is 2. The predicted molar refractivity (Wildman–Crippen MR) is 125 cm³/mol. The molecular weight excluding hydrogens is 457 g/mol. The van der Waals surface area contributed by atoms with Crippen LogP contribution >= 0.6 is 34.8 Å². The molecule has 0 atom stereocenters. The summed E-state index contributed by atoms with van der Waals surface area (Å²) < 4.78 is 1.19. The number of hydrogen-bond donors (Lipinski definition) is 1. The Morgan fingerprint density at radius 2 is 1.77 bits per heavy atom. The van der Waals surface area contributed by atoms with E-state index in [0.717, 1.165) is 48.5 Å². The number of halogens is 3. The molecule has 0 saturated carbocycles. The number of H-pyrrole nitrogens is 1. The van der Waals surface area contributed by atoms with E-state index in [1.54, 1.807) is 6.07 Å². The normalized spacial score (nSPS) is 15.0. The molecule has 1 saturated heterocycles. The molecule has 3 heterocycles. The molecule has 31 heavy (non-hydrogen) atoms. The molecule has 9 heteroatoms. The van der Waals surface area contributed by atoms with Gasteiger partial charge in [-0.1, -0.05) is 46.9 Å². The van der Waals surface area contributed by atoms with E-state index in [1.165, 1.54) is 10.9 Å². The number of aromatic amines is 1. The molecule has 0 unspecified atom stereocenters. The van der Waals surface area contributed by atoms with Gasteiger partial charge in [0.2, 0.25) is 0 Å². The van der Waals surface area contributed by atoms with E-state index in [4.69, 9.17) is 39.8 Å². The zero-order valence-electron chi connectivity index (χ0n) is 16.4. The van der Waals surface area contributed by atoms with Crippen molar-refractivity contribution in [3.05, 3.63) is 79.9 Å². The van der Waals surface area contributed by atoms with Gasteiger partial charge in [-0.3, -0.25) is 4.79 Å². The van der Waals surface area contributed by atoms with Crippen LogP contribution in [-0.2, 0) is 0 Å². The first-order valence-electron chi connectivity index (χ1n) is 9.94. The molecule has 1 aliphatic heterocycles. The van der Waals surface area contributed by atoms with Crippen molar-refractivity contribution in [3.8, 4) is 5.69 Å². The van der Waals surface area contributed by atoms with Gasteiger partial charge in [0.05, 0.1) is 38.7 Å². The summed E-state index contributed by atoms with van der Waals surface area (Å²) in [5.74, 6) is 1.44.